The van der Waals surface area contributed by atoms with Crippen molar-refractivity contribution in [2.24, 2.45) is 5.73 Å². The van der Waals surface area contributed by atoms with E-state index >= 15 is 0 Å². The smallest absolute Gasteiger partial charge is 0.142 e. The second-order valence-electron chi connectivity index (χ2n) is 8.50. The molecule has 4 rings (SSSR count). The topological polar surface area (TPSA) is 58.8 Å². The highest BCUT2D eigenvalue weighted by Crippen LogP contribution is 2.38. The summed E-state index contributed by atoms with van der Waals surface area (Å²) in [5.74, 6) is 0.922. The molecule has 0 spiro atoms. The molecule has 2 atom stereocenters. The van der Waals surface area contributed by atoms with Gasteiger partial charge >= 0.3 is 0 Å². The first-order valence-electron chi connectivity index (χ1n) is 11.2. The van der Waals surface area contributed by atoms with Crippen LogP contribution in [0.3, 0.4) is 0 Å². The van der Waals surface area contributed by atoms with Crippen molar-refractivity contribution >= 4 is 17.7 Å². The number of anilines is 2. The summed E-state index contributed by atoms with van der Waals surface area (Å²) in [4.78, 5) is 16.5. The molecule has 0 saturated carbocycles. The highest BCUT2D eigenvalue weighted by Gasteiger charge is 2.27. The lowest BCUT2D eigenvalue weighted by atomic mass is 9.95. The second-order valence-corrected chi connectivity index (χ2v) is 8.50. The Hall–Kier alpha value is -2.37. The number of carbonyl (C=O) groups is 1. The van der Waals surface area contributed by atoms with Gasteiger partial charge in [0.1, 0.15) is 12.0 Å². The number of nitrogens with zero attached hydrogens (tertiary/aromatic N) is 2. The van der Waals surface area contributed by atoms with E-state index in [0.29, 0.717) is 12.6 Å². The van der Waals surface area contributed by atoms with Crippen LogP contribution in [-0.2, 0) is 17.8 Å². The number of fused-ring (bicyclic) bond motifs is 1. The van der Waals surface area contributed by atoms with E-state index in [4.69, 9.17) is 10.5 Å². The first-order chi connectivity index (χ1) is 14.7. The SMILES string of the molecule is C[C@@H]1CCCN1CCCOc1ccc2c(c1)CCC(C=O)N2c1ccc(CN)cc1. The quantitative estimate of drug-likeness (QED) is 0.528. The number of aryl methyl sites for hydroxylation is 1. The average molecular weight is 408 g/mol. The molecule has 1 saturated heterocycles. The summed E-state index contributed by atoms with van der Waals surface area (Å²) in [6, 6.07) is 15.0. The number of rotatable bonds is 8. The maximum Gasteiger partial charge on any atom is 0.142 e. The molecule has 1 fully saturated rings. The minimum absolute atomic E-state index is 0.143. The van der Waals surface area contributed by atoms with Gasteiger partial charge in [-0.15, -0.1) is 0 Å². The van der Waals surface area contributed by atoms with Crippen LogP contribution in [0.5, 0.6) is 5.75 Å². The number of benzene rings is 2. The van der Waals surface area contributed by atoms with Gasteiger partial charge in [0.15, 0.2) is 0 Å². The molecule has 2 aliphatic rings. The fourth-order valence-electron chi connectivity index (χ4n) is 4.73. The molecule has 0 aliphatic carbocycles. The number of aldehydes is 1. The lowest BCUT2D eigenvalue weighted by Crippen LogP contribution is -2.36. The molecular formula is C25H33N3O2. The number of carbonyl (C=O) groups excluding carboxylic acids is 1. The van der Waals surface area contributed by atoms with Gasteiger partial charge in [0.2, 0.25) is 0 Å². The van der Waals surface area contributed by atoms with Crippen molar-refractivity contribution in [3.63, 3.8) is 0 Å². The summed E-state index contributed by atoms with van der Waals surface area (Å²) < 4.78 is 6.06. The van der Waals surface area contributed by atoms with Crippen LogP contribution < -0.4 is 15.4 Å². The van der Waals surface area contributed by atoms with Crippen molar-refractivity contribution in [2.45, 2.75) is 57.7 Å². The zero-order valence-electron chi connectivity index (χ0n) is 17.9. The van der Waals surface area contributed by atoms with E-state index in [-0.39, 0.29) is 6.04 Å². The number of ether oxygens (including phenoxy) is 1. The lowest BCUT2D eigenvalue weighted by Gasteiger charge is -2.36. The highest BCUT2D eigenvalue weighted by atomic mass is 16.5. The Balaban J connectivity index is 1.44. The molecule has 2 aromatic rings. The van der Waals surface area contributed by atoms with Gasteiger partial charge in [0, 0.05) is 30.5 Å². The van der Waals surface area contributed by atoms with Crippen LogP contribution in [0.1, 0.15) is 43.7 Å². The molecule has 2 heterocycles. The normalized spacial score (nSPS) is 21.5. The van der Waals surface area contributed by atoms with Crippen LogP contribution in [-0.4, -0.2) is 43.0 Å². The van der Waals surface area contributed by atoms with Gasteiger partial charge in [0.25, 0.3) is 0 Å². The predicted octanol–water partition coefficient (Wildman–Crippen LogP) is 4.05. The van der Waals surface area contributed by atoms with Crippen LogP contribution in [0.4, 0.5) is 11.4 Å². The molecule has 2 N–H and O–H groups in total. The van der Waals surface area contributed by atoms with Gasteiger partial charge in [-0.1, -0.05) is 12.1 Å². The molecule has 0 bridgehead atoms. The van der Waals surface area contributed by atoms with E-state index < -0.39 is 0 Å². The third kappa shape index (κ3) is 4.52. The molecule has 1 unspecified atom stereocenters. The molecular weight excluding hydrogens is 374 g/mol. The molecule has 0 radical (unpaired) electrons. The summed E-state index contributed by atoms with van der Waals surface area (Å²) in [5, 5.41) is 0. The molecule has 160 valence electrons. The number of likely N-dealkylation sites (tertiary alicyclic amines) is 1. The Kier molecular flexibility index (Phi) is 6.70. The van der Waals surface area contributed by atoms with Crippen molar-refractivity contribution in [3.05, 3.63) is 53.6 Å². The van der Waals surface area contributed by atoms with E-state index in [2.05, 4.69) is 41.0 Å². The number of nitrogens with two attached hydrogens (primary N) is 1. The molecule has 0 aromatic heterocycles. The van der Waals surface area contributed by atoms with E-state index in [1.165, 1.54) is 24.9 Å². The van der Waals surface area contributed by atoms with Gasteiger partial charge < -0.3 is 25.1 Å². The minimum atomic E-state index is -0.143. The number of hydrogen-bond donors (Lipinski definition) is 1. The van der Waals surface area contributed by atoms with Crippen molar-refractivity contribution in [1.82, 2.24) is 4.90 Å². The molecule has 30 heavy (non-hydrogen) atoms. The van der Waals surface area contributed by atoms with Crippen LogP contribution >= 0.6 is 0 Å². The van der Waals surface area contributed by atoms with Crippen LogP contribution in [0.15, 0.2) is 42.5 Å². The van der Waals surface area contributed by atoms with Crippen molar-refractivity contribution in [1.29, 1.82) is 0 Å². The standard InChI is InChI=1S/C25H33N3O2/c1-19-4-2-13-27(19)14-3-15-30-24-11-12-25-21(16-24)7-10-23(18-29)28(25)22-8-5-20(17-26)6-9-22/h5-6,8-9,11-12,16,18-19,23H,2-4,7,10,13-15,17,26H2,1H3/t19-,23?/m1/s1. The van der Waals surface area contributed by atoms with Crippen molar-refractivity contribution in [3.8, 4) is 5.75 Å². The highest BCUT2D eigenvalue weighted by molar-refractivity contribution is 5.78. The molecule has 2 aromatic carbocycles. The maximum atomic E-state index is 11.8. The number of hydrogen-bond acceptors (Lipinski definition) is 5. The maximum absolute atomic E-state index is 11.8. The summed E-state index contributed by atoms with van der Waals surface area (Å²) in [7, 11) is 0. The van der Waals surface area contributed by atoms with Gasteiger partial charge in [0.05, 0.1) is 12.6 Å². The lowest BCUT2D eigenvalue weighted by molar-refractivity contribution is -0.109. The monoisotopic (exact) mass is 407 g/mol. The average Bonchev–Trinajstić information content (AvgIpc) is 3.20. The van der Waals surface area contributed by atoms with Gasteiger partial charge in [-0.3, -0.25) is 0 Å². The fraction of sp³-hybridized carbons (Fsp3) is 0.480. The summed E-state index contributed by atoms with van der Waals surface area (Å²) in [6.45, 7) is 5.91. The third-order valence-electron chi connectivity index (χ3n) is 6.51. The third-order valence-corrected chi connectivity index (χ3v) is 6.51. The Bertz CT molecular complexity index is 852. The van der Waals surface area contributed by atoms with Crippen LogP contribution in [0, 0.1) is 0 Å². The Morgan fingerprint density at radius 2 is 2.00 bits per heavy atom. The van der Waals surface area contributed by atoms with Gasteiger partial charge in [-0.05, 0) is 87.0 Å². The Labute approximate surface area is 179 Å². The molecule has 5 nitrogen and oxygen atoms in total. The zero-order chi connectivity index (χ0) is 20.9. The van der Waals surface area contributed by atoms with E-state index in [1.807, 2.05) is 18.2 Å². The van der Waals surface area contributed by atoms with Gasteiger partial charge in [-0.25, -0.2) is 0 Å². The Morgan fingerprint density at radius 1 is 1.17 bits per heavy atom. The van der Waals surface area contributed by atoms with Crippen molar-refractivity contribution < 1.29 is 9.53 Å². The van der Waals surface area contributed by atoms with E-state index in [0.717, 1.165) is 61.4 Å². The largest absolute Gasteiger partial charge is 0.494 e. The first kappa shape index (κ1) is 20.9. The Morgan fingerprint density at radius 3 is 2.70 bits per heavy atom. The molecule has 5 heteroatoms. The fourth-order valence-corrected chi connectivity index (χ4v) is 4.73. The van der Waals surface area contributed by atoms with E-state index in [9.17, 15) is 4.79 Å². The predicted molar refractivity (Wildman–Crippen MR) is 121 cm³/mol. The van der Waals surface area contributed by atoms with Crippen molar-refractivity contribution in [2.75, 3.05) is 24.6 Å². The molecule has 0 amide bonds. The van der Waals surface area contributed by atoms with Crippen LogP contribution in [0.2, 0.25) is 0 Å². The zero-order valence-corrected chi connectivity index (χ0v) is 17.9. The van der Waals surface area contributed by atoms with Gasteiger partial charge in [-0.2, -0.15) is 0 Å². The summed E-state index contributed by atoms with van der Waals surface area (Å²) in [5.41, 5.74) is 10.2. The minimum Gasteiger partial charge on any atom is -0.494 e. The van der Waals surface area contributed by atoms with E-state index in [1.54, 1.807) is 0 Å². The second kappa shape index (κ2) is 9.63. The summed E-state index contributed by atoms with van der Waals surface area (Å²) >= 11 is 0. The molecule has 2 aliphatic heterocycles. The van der Waals surface area contributed by atoms with Crippen LogP contribution in [0.25, 0.3) is 0 Å². The first-order valence-corrected chi connectivity index (χ1v) is 11.2. The summed E-state index contributed by atoms with van der Waals surface area (Å²) in [6.07, 6.45) is 6.45.